The van der Waals surface area contributed by atoms with Gasteiger partial charge in [-0.15, -0.1) is 0 Å². The molecule has 39 heavy (non-hydrogen) atoms. The summed E-state index contributed by atoms with van der Waals surface area (Å²) in [5.41, 5.74) is 1.91. The molecule has 0 atom stereocenters. The zero-order chi connectivity index (χ0) is 28.7. The summed E-state index contributed by atoms with van der Waals surface area (Å²) in [5.74, 6) is -1.92. The number of benzene rings is 2. The summed E-state index contributed by atoms with van der Waals surface area (Å²) in [5, 5.41) is 2.48. The third kappa shape index (κ3) is 8.47. The number of anilines is 1. The van der Waals surface area contributed by atoms with Gasteiger partial charge in [-0.3, -0.25) is 4.79 Å². The van der Waals surface area contributed by atoms with Gasteiger partial charge >= 0.3 is 6.03 Å². The molecule has 0 aromatic heterocycles. The molecular formula is C28H38F2N4O4S. The van der Waals surface area contributed by atoms with Crippen LogP contribution in [0.1, 0.15) is 44.7 Å². The van der Waals surface area contributed by atoms with E-state index in [2.05, 4.69) is 5.32 Å². The Kier molecular flexibility index (Phi) is 10.4. The predicted molar refractivity (Wildman–Crippen MR) is 148 cm³/mol. The number of amides is 3. The summed E-state index contributed by atoms with van der Waals surface area (Å²) >= 11 is 0. The van der Waals surface area contributed by atoms with Crippen molar-refractivity contribution in [3.63, 3.8) is 0 Å². The Morgan fingerprint density at radius 2 is 1.72 bits per heavy atom. The number of urea groups is 1. The minimum atomic E-state index is -3.58. The van der Waals surface area contributed by atoms with Crippen LogP contribution in [0.3, 0.4) is 0 Å². The predicted octanol–water partition coefficient (Wildman–Crippen LogP) is 4.61. The van der Waals surface area contributed by atoms with Crippen molar-refractivity contribution in [1.82, 2.24) is 14.1 Å². The Bertz CT molecular complexity index is 1250. The molecule has 3 amide bonds. The maximum Gasteiger partial charge on any atom is 0.321 e. The Balaban J connectivity index is 1.74. The molecule has 214 valence electrons. The van der Waals surface area contributed by atoms with E-state index in [0.29, 0.717) is 38.5 Å². The van der Waals surface area contributed by atoms with Gasteiger partial charge in [-0.05, 0) is 50.3 Å². The van der Waals surface area contributed by atoms with Gasteiger partial charge < -0.3 is 15.1 Å². The molecule has 8 nitrogen and oxygen atoms in total. The van der Waals surface area contributed by atoms with E-state index in [9.17, 15) is 26.8 Å². The molecule has 1 N–H and O–H groups in total. The van der Waals surface area contributed by atoms with Crippen LogP contribution < -0.4 is 5.32 Å². The first-order valence-corrected chi connectivity index (χ1v) is 14.8. The number of rotatable bonds is 10. The van der Waals surface area contributed by atoms with Gasteiger partial charge in [0, 0.05) is 38.3 Å². The first-order chi connectivity index (χ1) is 18.4. The van der Waals surface area contributed by atoms with E-state index in [4.69, 9.17) is 0 Å². The van der Waals surface area contributed by atoms with Crippen LogP contribution in [-0.4, -0.2) is 72.4 Å². The van der Waals surface area contributed by atoms with Gasteiger partial charge in [-0.25, -0.2) is 22.0 Å². The molecule has 2 aromatic carbocycles. The number of carbonyl (C=O) groups is 2. The smallest absolute Gasteiger partial charge is 0.321 e. The van der Waals surface area contributed by atoms with Crippen molar-refractivity contribution in [2.24, 2.45) is 5.92 Å². The number of halogens is 2. The molecule has 0 saturated carbocycles. The standard InChI is InChI=1S/C28H38F2N4O4S/c1-5-39(37,38)33(17-20(2)3)19-27(35)34(18-22-8-6-21(4)7-9-22)24-12-14-32(15-13-24)28(36)31-26-11-10-23(29)16-25(26)30/h6-11,16,20,24H,5,12-15,17-19H2,1-4H3,(H,31,36). The quantitative estimate of drug-likeness (QED) is 0.457. The summed E-state index contributed by atoms with van der Waals surface area (Å²) in [6.45, 7) is 8.32. The van der Waals surface area contributed by atoms with Crippen LogP contribution in [0.25, 0.3) is 0 Å². The summed E-state index contributed by atoms with van der Waals surface area (Å²) in [4.78, 5) is 29.6. The Hall–Kier alpha value is -3.05. The second-order valence-electron chi connectivity index (χ2n) is 10.4. The third-order valence-electron chi connectivity index (χ3n) is 6.80. The van der Waals surface area contributed by atoms with Crippen LogP contribution >= 0.6 is 0 Å². The lowest BCUT2D eigenvalue weighted by Gasteiger charge is -2.39. The van der Waals surface area contributed by atoms with Crippen LogP contribution in [0.15, 0.2) is 42.5 Å². The number of piperidine rings is 1. The van der Waals surface area contributed by atoms with Crippen LogP contribution in [0.4, 0.5) is 19.3 Å². The molecule has 0 aliphatic carbocycles. The molecule has 1 aliphatic heterocycles. The van der Waals surface area contributed by atoms with E-state index >= 15 is 0 Å². The van der Waals surface area contributed by atoms with Gasteiger partial charge in [0.2, 0.25) is 15.9 Å². The summed E-state index contributed by atoms with van der Waals surface area (Å²) in [7, 11) is -3.58. The highest BCUT2D eigenvalue weighted by atomic mass is 32.2. The van der Waals surface area contributed by atoms with Crippen molar-refractivity contribution in [1.29, 1.82) is 0 Å². The molecule has 0 spiro atoms. The fraction of sp³-hybridized carbons (Fsp3) is 0.500. The molecular weight excluding hydrogens is 526 g/mol. The van der Waals surface area contributed by atoms with Gasteiger partial charge in [0.1, 0.15) is 11.6 Å². The second-order valence-corrected chi connectivity index (χ2v) is 12.6. The van der Waals surface area contributed by atoms with Gasteiger partial charge in [0.25, 0.3) is 0 Å². The maximum atomic E-state index is 14.0. The van der Waals surface area contributed by atoms with E-state index in [1.54, 1.807) is 11.8 Å². The zero-order valence-corrected chi connectivity index (χ0v) is 23.8. The van der Waals surface area contributed by atoms with Crippen molar-refractivity contribution in [2.45, 2.75) is 53.1 Å². The molecule has 1 aliphatic rings. The first-order valence-electron chi connectivity index (χ1n) is 13.2. The second kappa shape index (κ2) is 13.3. The topological polar surface area (TPSA) is 90.0 Å². The highest BCUT2D eigenvalue weighted by Crippen LogP contribution is 2.22. The Labute approximate surface area is 230 Å². The third-order valence-corrected chi connectivity index (χ3v) is 8.59. The number of nitrogens with zero attached hydrogens (tertiary/aromatic N) is 3. The highest BCUT2D eigenvalue weighted by molar-refractivity contribution is 7.89. The summed E-state index contributed by atoms with van der Waals surface area (Å²) < 4.78 is 53.9. The van der Waals surface area contributed by atoms with E-state index in [-0.39, 0.29) is 42.4 Å². The zero-order valence-electron chi connectivity index (χ0n) is 23.0. The number of likely N-dealkylation sites (tertiary alicyclic amines) is 1. The monoisotopic (exact) mass is 564 g/mol. The number of hydrogen-bond acceptors (Lipinski definition) is 4. The number of carbonyl (C=O) groups excluding carboxylic acids is 2. The fourth-order valence-electron chi connectivity index (χ4n) is 4.58. The minimum Gasteiger partial charge on any atom is -0.334 e. The lowest BCUT2D eigenvalue weighted by atomic mass is 10.0. The molecule has 0 unspecified atom stereocenters. The van der Waals surface area contributed by atoms with Crippen molar-refractivity contribution in [3.05, 3.63) is 65.2 Å². The number of sulfonamides is 1. The van der Waals surface area contributed by atoms with Crippen molar-refractivity contribution < 1.29 is 26.8 Å². The molecule has 1 fully saturated rings. The highest BCUT2D eigenvalue weighted by Gasteiger charge is 2.33. The summed E-state index contributed by atoms with van der Waals surface area (Å²) in [6.07, 6.45) is 0.948. The molecule has 3 rings (SSSR count). The van der Waals surface area contributed by atoms with Crippen LogP contribution in [0.2, 0.25) is 0 Å². The van der Waals surface area contributed by atoms with Crippen LogP contribution in [-0.2, 0) is 21.4 Å². The molecule has 2 aromatic rings. The Morgan fingerprint density at radius 1 is 1.08 bits per heavy atom. The van der Waals surface area contributed by atoms with Gasteiger partial charge in [0.05, 0.1) is 18.0 Å². The van der Waals surface area contributed by atoms with Crippen molar-refractivity contribution in [3.8, 4) is 0 Å². The average Bonchev–Trinajstić information content (AvgIpc) is 2.89. The molecule has 1 saturated heterocycles. The largest absolute Gasteiger partial charge is 0.334 e. The minimum absolute atomic E-state index is 0.0531. The number of hydrogen-bond donors (Lipinski definition) is 1. The molecule has 0 bridgehead atoms. The van der Waals surface area contributed by atoms with Crippen molar-refractivity contribution in [2.75, 3.05) is 37.2 Å². The number of aryl methyl sites for hydroxylation is 1. The van der Waals surface area contributed by atoms with Crippen molar-refractivity contribution >= 4 is 27.6 Å². The van der Waals surface area contributed by atoms with Gasteiger partial charge in [-0.2, -0.15) is 4.31 Å². The molecule has 0 radical (unpaired) electrons. The average molecular weight is 565 g/mol. The lowest BCUT2D eigenvalue weighted by Crippen LogP contribution is -2.52. The normalized spacial score (nSPS) is 14.6. The Morgan fingerprint density at radius 3 is 2.28 bits per heavy atom. The van der Waals surface area contributed by atoms with E-state index < -0.39 is 27.7 Å². The summed E-state index contributed by atoms with van der Waals surface area (Å²) in [6, 6.07) is 10.1. The number of nitrogens with one attached hydrogen (secondary N) is 1. The van der Waals surface area contributed by atoms with Gasteiger partial charge in [-0.1, -0.05) is 43.7 Å². The van der Waals surface area contributed by atoms with Crippen LogP contribution in [0, 0.1) is 24.5 Å². The maximum absolute atomic E-state index is 14.0. The SMILES string of the molecule is CCS(=O)(=O)N(CC(=O)N(Cc1ccc(C)cc1)C1CCN(C(=O)Nc2ccc(F)cc2F)CC1)CC(C)C. The first kappa shape index (κ1) is 30.5. The molecule has 1 heterocycles. The van der Waals surface area contributed by atoms with Gasteiger partial charge in [0.15, 0.2) is 0 Å². The van der Waals surface area contributed by atoms with E-state index in [1.165, 1.54) is 15.3 Å². The van der Waals surface area contributed by atoms with Crippen LogP contribution in [0.5, 0.6) is 0 Å². The lowest BCUT2D eigenvalue weighted by molar-refractivity contribution is -0.135. The van der Waals surface area contributed by atoms with E-state index in [0.717, 1.165) is 17.2 Å². The molecule has 11 heteroatoms. The van der Waals surface area contributed by atoms with E-state index in [1.807, 2.05) is 45.0 Å². The fourth-order valence-corrected chi connectivity index (χ4v) is 5.78.